The summed E-state index contributed by atoms with van der Waals surface area (Å²) in [6, 6.07) is 4.12. The van der Waals surface area contributed by atoms with Gasteiger partial charge in [-0.3, -0.25) is 9.78 Å². The van der Waals surface area contributed by atoms with Gasteiger partial charge in [0.15, 0.2) is 0 Å². The van der Waals surface area contributed by atoms with E-state index < -0.39 is 0 Å². The van der Waals surface area contributed by atoms with Crippen molar-refractivity contribution in [3.63, 3.8) is 0 Å². The van der Waals surface area contributed by atoms with Gasteiger partial charge in [0.25, 0.3) is 0 Å². The van der Waals surface area contributed by atoms with E-state index in [4.69, 9.17) is 9.51 Å². The molecular weight excluding hydrogens is 456 g/mol. The molecule has 0 saturated carbocycles. The fraction of sp³-hybridized carbons (Fsp3) is 0.391. The zero-order valence-corrected chi connectivity index (χ0v) is 20.2. The zero-order valence-electron chi connectivity index (χ0n) is 18.6. The Labute approximate surface area is 199 Å². The molecule has 8 nitrogen and oxygen atoms in total. The number of nitrogens with zero attached hydrogens (tertiary/aromatic N) is 3. The summed E-state index contributed by atoms with van der Waals surface area (Å²) in [5.41, 5.74) is 4.15. The molecule has 1 atom stereocenters. The smallest absolute Gasteiger partial charge is 0.226 e. The highest BCUT2D eigenvalue weighted by Crippen LogP contribution is 2.44. The third-order valence-electron chi connectivity index (χ3n) is 5.61. The average Bonchev–Trinajstić information content (AvgIpc) is 3.49. The monoisotopic (exact) mass is 482 g/mol. The second-order valence-electron chi connectivity index (χ2n) is 8.29. The van der Waals surface area contributed by atoms with Crippen LogP contribution in [-0.4, -0.2) is 40.2 Å². The van der Waals surface area contributed by atoms with Crippen molar-refractivity contribution in [2.24, 2.45) is 0 Å². The van der Waals surface area contributed by atoms with Crippen molar-refractivity contribution in [1.82, 2.24) is 25.8 Å². The van der Waals surface area contributed by atoms with Crippen molar-refractivity contribution in [2.45, 2.75) is 45.7 Å². The van der Waals surface area contributed by atoms with Gasteiger partial charge in [0.1, 0.15) is 21.3 Å². The molecule has 5 rings (SSSR count). The van der Waals surface area contributed by atoms with E-state index in [2.05, 4.69) is 33.0 Å². The van der Waals surface area contributed by atoms with E-state index in [0.29, 0.717) is 13.0 Å². The molecule has 0 aromatic carbocycles. The van der Waals surface area contributed by atoms with Gasteiger partial charge in [0.2, 0.25) is 5.91 Å². The van der Waals surface area contributed by atoms with Gasteiger partial charge in [-0.1, -0.05) is 5.16 Å². The van der Waals surface area contributed by atoms with Gasteiger partial charge >= 0.3 is 0 Å². The second kappa shape index (κ2) is 9.68. The van der Waals surface area contributed by atoms with Gasteiger partial charge in [0, 0.05) is 54.7 Å². The Kier molecular flexibility index (Phi) is 6.50. The normalized spacial score (nSPS) is 14.4. The molecule has 0 radical (unpaired) electrons. The quantitative estimate of drug-likeness (QED) is 0.350. The summed E-state index contributed by atoms with van der Waals surface area (Å²) in [5.74, 6) is 0.853. The minimum Gasteiger partial charge on any atom is -0.361 e. The van der Waals surface area contributed by atoms with Gasteiger partial charge < -0.3 is 20.5 Å². The van der Waals surface area contributed by atoms with Crippen LogP contribution in [-0.2, 0) is 24.2 Å². The van der Waals surface area contributed by atoms with Crippen LogP contribution in [0.25, 0.3) is 20.8 Å². The molecule has 0 aliphatic carbocycles. The molecule has 33 heavy (non-hydrogen) atoms. The van der Waals surface area contributed by atoms with Crippen LogP contribution in [0.1, 0.15) is 35.2 Å². The van der Waals surface area contributed by atoms with E-state index in [1.54, 1.807) is 35.1 Å². The van der Waals surface area contributed by atoms with Gasteiger partial charge in [-0.2, -0.15) is 0 Å². The minimum atomic E-state index is 0.000735. The van der Waals surface area contributed by atoms with Gasteiger partial charge in [-0.05, 0) is 38.4 Å². The van der Waals surface area contributed by atoms with E-state index >= 15 is 0 Å². The highest BCUT2D eigenvalue weighted by atomic mass is 32.1. The zero-order chi connectivity index (χ0) is 22.8. The number of aromatic nitrogens is 3. The van der Waals surface area contributed by atoms with E-state index in [0.717, 1.165) is 63.2 Å². The maximum absolute atomic E-state index is 12.8. The first-order valence-electron chi connectivity index (χ1n) is 11.1. The lowest BCUT2D eigenvalue weighted by atomic mass is 10.0. The Bertz CT molecular complexity index is 1240. The molecule has 0 saturated heterocycles. The molecular formula is C23H26N6O2S2. The first-order chi connectivity index (χ1) is 16.1. The van der Waals surface area contributed by atoms with Gasteiger partial charge in [0.05, 0.1) is 16.6 Å². The summed E-state index contributed by atoms with van der Waals surface area (Å²) < 4.78 is 6.38. The summed E-state index contributed by atoms with van der Waals surface area (Å²) in [7, 11) is 0. The maximum atomic E-state index is 12.8. The number of hydrogen-bond acceptors (Lipinski definition) is 9. The number of aryl methyl sites for hydroxylation is 1. The minimum absolute atomic E-state index is 0.000735. The van der Waals surface area contributed by atoms with E-state index in [-0.39, 0.29) is 11.9 Å². The molecule has 4 aromatic rings. The molecule has 0 spiro atoms. The Balaban J connectivity index is 1.27. The van der Waals surface area contributed by atoms with Crippen LogP contribution in [0.15, 0.2) is 29.0 Å². The van der Waals surface area contributed by atoms with Crippen molar-refractivity contribution >= 4 is 43.8 Å². The summed E-state index contributed by atoms with van der Waals surface area (Å²) in [5, 5.41) is 15.8. The van der Waals surface area contributed by atoms with Crippen LogP contribution < -0.4 is 16.0 Å². The molecule has 5 heterocycles. The van der Waals surface area contributed by atoms with Crippen LogP contribution >= 0.6 is 22.7 Å². The summed E-state index contributed by atoms with van der Waals surface area (Å²) in [4.78, 5) is 23.1. The second-order valence-corrected chi connectivity index (χ2v) is 10.4. The third-order valence-corrected chi connectivity index (χ3v) is 7.82. The first kappa shape index (κ1) is 22.1. The fourth-order valence-electron chi connectivity index (χ4n) is 4.04. The molecule has 4 aromatic heterocycles. The number of thiazole rings is 1. The summed E-state index contributed by atoms with van der Waals surface area (Å²) >= 11 is 3.31. The lowest BCUT2D eigenvalue weighted by molar-refractivity contribution is -0.116. The average molecular weight is 483 g/mol. The lowest BCUT2D eigenvalue weighted by Crippen LogP contribution is -2.31. The first-order valence-corrected chi connectivity index (χ1v) is 12.7. The van der Waals surface area contributed by atoms with Crippen molar-refractivity contribution in [3.8, 4) is 10.6 Å². The Hall–Kier alpha value is -2.66. The fourth-order valence-corrected chi connectivity index (χ4v) is 6.35. The Morgan fingerprint density at radius 2 is 2.27 bits per heavy atom. The Morgan fingerprint density at radius 1 is 1.36 bits per heavy atom. The highest BCUT2D eigenvalue weighted by Gasteiger charge is 2.25. The molecule has 0 bridgehead atoms. The van der Waals surface area contributed by atoms with Crippen molar-refractivity contribution in [1.29, 1.82) is 0 Å². The Morgan fingerprint density at radius 3 is 3.09 bits per heavy atom. The standard InChI is InChI=1S/C23H26N6O2S2/c1-13(9-15-10-14(2)29-31-15)26-8-5-20(30)28-23-21(16-3-6-25-12-19(16)33-23)22-27-17-11-24-7-4-18(17)32-22/h4,7,10-11,13,25-26H,3,5-6,8-9,12H2,1-2H3,(H,28,30). The topological polar surface area (TPSA) is 105 Å². The molecule has 1 unspecified atom stereocenters. The van der Waals surface area contributed by atoms with E-state index in [1.165, 1.54) is 10.4 Å². The number of pyridine rings is 1. The van der Waals surface area contributed by atoms with E-state index in [1.807, 2.05) is 19.1 Å². The summed E-state index contributed by atoms with van der Waals surface area (Å²) in [6.45, 7) is 6.34. The predicted molar refractivity (Wildman–Crippen MR) is 132 cm³/mol. The maximum Gasteiger partial charge on any atom is 0.226 e. The number of anilines is 1. The van der Waals surface area contributed by atoms with Crippen LogP contribution in [0.5, 0.6) is 0 Å². The number of thiophene rings is 1. The summed E-state index contributed by atoms with van der Waals surface area (Å²) in [6.07, 6.45) is 5.65. The molecule has 1 amide bonds. The largest absolute Gasteiger partial charge is 0.361 e. The number of carbonyl (C=O) groups excluding carboxylic acids is 1. The molecule has 3 N–H and O–H groups in total. The van der Waals surface area contributed by atoms with Gasteiger partial charge in [-0.25, -0.2) is 4.98 Å². The lowest BCUT2D eigenvalue weighted by Gasteiger charge is -2.13. The van der Waals surface area contributed by atoms with Gasteiger partial charge in [-0.15, -0.1) is 22.7 Å². The number of carbonyl (C=O) groups is 1. The van der Waals surface area contributed by atoms with Crippen LogP contribution in [0.3, 0.4) is 0 Å². The number of amides is 1. The number of rotatable bonds is 8. The van der Waals surface area contributed by atoms with Crippen LogP contribution in [0, 0.1) is 6.92 Å². The molecule has 1 aliphatic rings. The number of fused-ring (bicyclic) bond motifs is 2. The molecule has 10 heteroatoms. The molecule has 1 aliphatic heterocycles. The van der Waals surface area contributed by atoms with Crippen LogP contribution in [0.2, 0.25) is 0 Å². The number of hydrogen-bond donors (Lipinski definition) is 3. The van der Waals surface area contributed by atoms with Crippen molar-refractivity contribution in [3.05, 3.63) is 46.4 Å². The SMILES string of the molecule is Cc1cc(CC(C)NCCC(=O)Nc2sc3c(c2-c2nc4cnccc4s2)CCNC3)on1. The van der Waals surface area contributed by atoms with Crippen molar-refractivity contribution < 1.29 is 9.32 Å². The van der Waals surface area contributed by atoms with E-state index in [9.17, 15) is 4.79 Å². The molecule has 0 fully saturated rings. The van der Waals surface area contributed by atoms with Crippen LogP contribution in [0.4, 0.5) is 5.00 Å². The van der Waals surface area contributed by atoms with Crippen molar-refractivity contribution in [2.75, 3.05) is 18.4 Å². The molecule has 172 valence electrons. The predicted octanol–water partition coefficient (Wildman–Crippen LogP) is 3.91. The number of nitrogens with one attached hydrogen (secondary N) is 3. The third kappa shape index (κ3) is 4.98. The highest BCUT2D eigenvalue weighted by molar-refractivity contribution is 7.22.